The van der Waals surface area contributed by atoms with Crippen molar-refractivity contribution in [1.82, 2.24) is 9.97 Å². The van der Waals surface area contributed by atoms with Crippen molar-refractivity contribution in [2.45, 2.75) is 10.4 Å². The molecule has 2 rings (SSSR count). The van der Waals surface area contributed by atoms with Crippen LogP contribution in [-0.2, 0) is 0 Å². The van der Waals surface area contributed by atoms with Gasteiger partial charge in [-0.1, -0.05) is 23.7 Å². The summed E-state index contributed by atoms with van der Waals surface area (Å²) in [5, 5.41) is 0.216. The van der Waals surface area contributed by atoms with E-state index in [0.29, 0.717) is 11.3 Å². The first kappa shape index (κ1) is 13.2. The Labute approximate surface area is 110 Å². The molecule has 0 saturated heterocycles. The van der Waals surface area contributed by atoms with Gasteiger partial charge in [0.25, 0.3) is 0 Å². The Morgan fingerprint density at radius 1 is 1.00 bits per heavy atom. The molecule has 1 aromatic heterocycles. The first-order chi connectivity index (χ1) is 8.46. The van der Waals surface area contributed by atoms with Gasteiger partial charge in [-0.3, -0.25) is 4.98 Å². The van der Waals surface area contributed by atoms with Gasteiger partial charge < -0.3 is 0 Å². The molecule has 0 unspecified atom stereocenters. The highest BCUT2D eigenvalue weighted by molar-refractivity contribution is 8.00. The molecule has 0 saturated carbocycles. The van der Waals surface area contributed by atoms with Crippen molar-refractivity contribution in [3.05, 3.63) is 41.8 Å². The van der Waals surface area contributed by atoms with Crippen LogP contribution >= 0.6 is 23.4 Å². The third-order valence-electron chi connectivity index (χ3n) is 2.01. The molecule has 1 aromatic carbocycles. The number of nitrogens with zero attached hydrogens (tertiary/aromatic N) is 2. The second kappa shape index (κ2) is 5.16. The van der Waals surface area contributed by atoms with Crippen molar-refractivity contribution in [3.8, 4) is 11.3 Å². The monoisotopic (exact) mass is 290 g/mol. The average molecular weight is 291 g/mol. The summed E-state index contributed by atoms with van der Waals surface area (Å²) < 4.78 is 36.4. The maximum Gasteiger partial charge on any atom is 0.446 e. The van der Waals surface area contributed by atoms with Crippen molar-refractivity contribution in [1.29, 1.82) is 0 Å². The lowest BCUT2D eigenvalue weighted by Gasteiger charge is -2.06. The van der Waals surface area contributed by atoms with E-state index in [-0.39, 0.29) is 21.8 Å². The Bertz CT molecular complexity index is 543. The molecule has 1 heterocycles. The lowest BCUT2D eigenvalue weighted by atomic mass is 10.2. The quantitative estimate of drug-likeness (QED) is 0.766. The van der Waals surface area contributed by atoms with Crippen LogP contribution in [0.5, 0.6) is 0 Å². The summed E-state index contributed by atoms with van der Waals surface area (Å²) in [5.41, 5.74) is -3.21. The first-order valence-corrected chi connectivity index (χ1v) is 5.98. The molecule has 0 N–H and O–H groups in total. The van der Waals surface area contributed by atoms with Gasteiger partial charge in [0.15, 0.2) is 5.15 Å². The third-order valence-corrected chi connectivity index (χ3v) is 3.03. The summed E-state index contributed by atoms with van der Waals surface area (Å²) in [5.74, 6) is 0. The van der Waals surface area contributed by atoms with Crippen LogP contribution in [-0.4, -0.2) is 15.5 Å². The molecule has 94 valence electrons. The van der Waals surface area contributed by atoms with Gasteiger partial charge >= 0.3 is 5.51 Å². The highest BCUT2D eigenvalue weighted by Gasteiger charge is 2.29. The fraction of sp³-hybridized carbons (Fsp3) is 0.0909. The van der Waals surface area contributed by atoms with Crippen LogP contribution in [0.1, 0.15) is 0 Å². The Balaban J connectivity index is 2.26. The third kappa shape index (κ3) is 3.36. The molecule has 0 amide bonds. The zero-order valence-electron chi connectivity index (χ0n) is 8.78. The predicted octanol–water partition coefficient (Wildman–Crippen LogP) is 4.41. The fourth-order valence-corrected chi connectivity index (χ4v) is 2.08. The molecule has 7 heteroatoms. The molecule has 0 spiro atoms. The predicted molar refractivity (Wildman–Crippen MR) is 64.4 cm³/mol. The van der Waals surface area contributed by atoms with Crippen LogP contribution in [0.4, 0.5) is 13.2 Å². The minimum absolute atomic E-state index is 0.117. The van der Waals surface area contributed by atoms with Crippen LogP contribution in [0.25, 0.3) is 11.3 Å². The number of aromatic nitrogens is 2. The Morgan fingerprint density at radius 2 is 1.61 bits per heavy atom. The lowest BCUT2D eigenvalue weighted by Crippen LogP contribution is -1.98. The topological polar surface area (TPSA) is 25.8 Å². The van der Waals surface area contributed by atoms with E-state index in [1.165, 1.54) is 36.7 Å². The minimum atomic E-state index is -4.29. The van der Waals surface area contributed by atoms with Crippen molar-refractivity contribution < 1.29 is 13.2 Å². The van der Waals surface area contributed by atoms with Gasteiger partial charge in [-0.25, -0.2) is 4.98 Å². The van der Waals surface area contributed by atoms with Gasteiger partial charge in [0.05, 0.1) is 0 Å². The summed E-state index contributed by atoms with van der Waals surface area (Å²) in [6.07, 6.45) is 2.92. The largest absolute Gasteiger partial charge is 0.446 e. The highest BCUT2D eigenvalue weighted by atomic mass is 35.5. The van der Waals surface area contributed by atoms with Crippen molar-refractivity contribution in [2.24, 2.45) is 0 Å². The highest BCUT2D eigenvalue weighted by Crippen LogP contribution is 2.37. The molecule has 18 heavy (non-hydrogen) atoms. The SMILES string of the molecule is FC(F)(F)Sc1ccc(-c2nccnc2Cl)cc1. The van der Waals surface area contributed by atoms with Crippen LogP contribution in [0.15, 0.2) is 41.6 Å². The van der Waals surface area contributed by atoms with E-state index in [0.717, 1.165) is 0 Å². The van der Waals surface area contributed by atoms with Crippen molar-refractivity contribution in [2.75, 3.05) is 0 Å². The van der Waals surface area contributed by atoms with E-state index >= 15 is 0 Å². The molecular weight excluding hydrogens is 285 g/mol. The summed E-state index contributed by atoms with van der Waals surface area (Å²) in [6.45, 7) is 0. The summed E-state index contributed by atoms with van der Waals surface area (Å²) in [6, 6.07) is 5.81. The number of alkyl halides is 3. The van der Waals surface area contributed by atoms with E-state index in [4.69, 9.17) is 11.6 Å². The van der Waals surface area contributed by atoms with Crippen molar-refractivity contribution in [3.63, 3.8) is 0 Å². The second-order valence-electron chi connectivity index (χ2n) is 3.27. The van der Waals surface area contributed by atoms with Crippen LogP contribution in [0.2, 0.25) is 5.15 Å². The van der Waals surface area contributed by atoms with Crippen molar-refractivity contribution >= 4 is 23.4 Å². The van der Waals surface area contributed by atoms with Gasteiger partial charge in [-0.05, 0) is 23.9 Å². The Kier molecular flexibility index (Phi) is 3.77. The fourth-order valence-electron chi connectivity index (χ4n) is 1.33. The van der Waals surface area contributed by atoms with E-state index in [1.807, 2.05) is 0 Å². The number of hydrogen-bond donors (Lipinski definition) is 0. The summed E-state index contributed by atoms with van der Waals surface area (Å²) in [4.78, 5) is 8.00. The van der Waals surface area contributed by atoms with Crippen LogP contribution in [0.3, 0.4) is 0 Å². The van der Waals surface area contributed by atoms with E-state index < -0.39 is 5.51 Å². The number of thioether (sulfide) groups is 1. The minimum Gasteiger partial charge on any atom is -0.251 e. The zero-order chi connectivity index (χ0) is 13.2. The second-order valence-corrected chi connectivity index (χ2v) is 4.76. The van der Waals surface area contributed by atoms with E-state index in [1.54, 1.807) is 0 Å². The maximum absolute atomic E-state index is 12.1. The van der Waals surface area contributed by atoms with Crippen LogP contribution < -0.4 is 0 Å². The Morgan fingerprint density at radius 3 is 2.17 bits per heavy atom. The molecule has 0 bridgehead atoms. The first-order valence-electron chi connectivity index (χ1n) is 4.78. The van der Waals surface area contributed by atoms with Gasteiger partial charge in [0.2, 0.25) is 0 Å². The molecule has 0 aliphatic carbocycles. The molecule has 0 aliphatic heterocycles. The molecule has 2 nitrogen and oxygen atoms in total. The average Bonchev–Trinajstić information content (AvgIpc) is 2.29. The maximum atomic E-state index is 12.1. The van der Waals surface area contributed by atoms with E-state index in [9.17, 15) is 13.2 Å². The molecule has 2 aromatic rings. The molecule has 0 radical (unpaired) electrons. The molecule has 0 fully saturated rings. The van der Waals surface area contributed by atoms with Gasteiger partial charge in [0, 0.05) is 22.9 Å². The standard InChI is InChI=1S/C11H6ClF3N2S/c12-10-9(16-5-6-17-10)7-1-3-8(4-2-7)18-11(13,14)15/h1-6H. The number of benzene rings is 1. The Hall–Kier alpha value is -1.27. The molecular formula is C11H6ClF3N2S. The van der Waals surface area contributed by atoms with Gasteiger partial charge in [0.1, 0.15) is 5.69 Å². The number of hydrogen-bond acceptors (Lipinski definition) is 3. The van der Waals surface area contributed by atoms with Gasteiger partial charge in [-0.2, -0.15) is 13.2 Å². The number of halogens is 4. The van der Waals surface area contributed by atoms with Crippen LogP contribution in [0, 0.1) is 0 Å². The van der Waals surface area contributed by atoms with E-state index in [2.05, 4.69) is 9.97 Å². The molecule has 0 aliphatic rings. The van der Waals surface area contributed by atoms with Gasteiger partial charge in [-0.15, -0.1) is 0 Å². The summed E-state index contributed by atoms with van der Waals surface area (Å²) in [7, 11) is 0. The molecule has 0 atom stereocenters. The number of rotatable bonds is 2. The lowest BCUT2D eigenvalue weighted by molar-refractivity contribution is -0.0328. The smallest absolute Gasteiger partial charge is 0.251 e. The summed E-state index contributed by atoms with van der Waals surface area (Å²) >= 11 is 5.69. The normalized spacial score (nSPS) is 11.6. The zero-order valence-corrected chi connectivity index (χ0v) is 10.4.